The third-order valence-electron chi connectivity index (χ3n) is 5.99. The van der Waals surface area contributed by atoms with Crippen LogP contribution in [-0.2, 0) is 20.9 Å². The monoisotopic (exact) mass is 497 g/mol. The summed E-state index contributed by atoms with van der Waals surface area (Å²) in [5.74, 6) is -0.629. The Morgan fingerprint density at radius 1 is 0.912 bits per heavy atom. The summed E-state index contributed by atoms with van der Waals surface area (Å²) in [4.78, 5) is 14.8. The highest BCUT2D eigenvalue weighted by molar-refractivity contribution is 7.89. The SMILES string of the molecule is O=C(Nc1cc(C(F)(F)F)ccc1N1CCOCC1)c1ccc(S(=O)(=O)N2CCCCC2)cc1. The maximum Gasteiger partial charge on any atom is 0.416 e. The molecule has 2 saturated heterocycles. The number of carbonyl (C=O) groups excluding carboxylic acids is 1. The van der Waals surface area contributed by atoms with Crippen molar-refractivity contribution in [2.45, 2.75) is 30.3 Å². The van der Waals surface area contributed by atoms with E-state index in [1.165, 1.54) is 34.6 Å². The van der Waals surface area contributed by atoms with Crippen molar-refractivity contribution in [1.29, 1.82) is 0 Å². The van der Waals surface area contributed by atoms with Crippen molar-refractivity contribution in [1.82, 2.24) is 4.31 Å². The van der Waals surface area contributed by atoms with E-state index in [-0.39, 0.29) is 16.1 Å². The van der Waals surface area contributed by atoms with Crippen molar-refractivity contribution in [2.24, 2.45) is 0 Å². The molecule has 0 saturated carbocycles. The smallest absolute Gasteiger partial charge is 0.378 e. The third kappa shape index (κ3) is 5.37. The van der Waals surface area contributed by atoms with Crippen LogP contribution >= 0.6 is 0 Å². The van der Waals surface area contributed by atoms with Gasteiger partial charge in [0.2, 0.25) is 10.0 Å². The van der Waals surface area contributed by atoms with Crippen LogP contribution in [0.5, 0.6) is 0 Å². The van der Waals surface area contributed by atoms with Gasteiger partial charge in [-0.3, -0.25) is 4.79 Å². The third-order valence-corrected chi connectivity index (χ3v) is 7.91. The van der Waals surface area contributed by atoms with Crippen LogP contribution in [-0.4, -0.2) is 58.0 Å². The summed E-state index contributed by atoms with van der Waals surface area (Å²) in [7, 11) is -3.65. The summed E-state index contributed by atoms with van der Waals surface area (Å²) >= 11 is 0. The minimum absolute atomic E-state index is 0.0340. The van der Waals surface area contributed by atoms with Gasteiger partial charge < -0.3 is 15.0 Å². The first-order valence-corrected chi connectivity index (χ1v) is 12.6. The number of anilines is 2. The Morgan fingerprint density at radius 2 is 1.56 bits per heavy atom. The molecule has 2 aliphatic rings. The first-order chi connectivity index (χ1) is 16.2. The second kappa shape index (κ2) is 9.93. The minimum atomic E-state index is -4.56. The first-order valence-electron chi connectivity index (χ1n) is 11.1. The average molecular weight is 498 g/mol. The fourth-order valence-electron chi connectivity index (χ4n) is 4.12. The van der Waals surface area contributed by atoms with Crippen molar-refractivity contribution in [3.05, 3.63) is 53.6 Å². The highest BCUT2D eigenvalue weighted by atomic mass is 32.2. The molecule has 0 radical (unpaired) electrons. The predicted molar refractivity (Wildman–Crippen MR) is 121 cm³/mol. The molecule has 184 valence electrons. The predicted octanol–water partition coefficient (Wildman–Crippen LogP) is 3.97. The fourth-order valence-corrected chi connectivity index (χ4v) is 5.64. The largest absolute Gasteiger partial charge is 0.416 e. The second-order valence-electron chi connectivity index (χ2n) is 8.27. The molecule has 2 aromatic rings. The van der Waals surface area contributed by atoms with Gasteiger partial charge in [-0.1, -0.05) is 6.42 Å². The van der Waals surface area contributed by atoms with Gasteiger partial charge in [0, 0.05) is 31.7 Å². The Hall–Kier alpha value is -2.63. The number of morpholine rings is 1. The zero-order valence-corrected chi connectivity index (χ0v) is 19.3. The molecule has 2 aliphatic heterocycles. The molecular formula is C23H26F3N3O4S. The molecule has 2 heterocycles. The highest BCUT2D eigenvalue weighted by Crippen LogP contribution is 2.36. The number of carbonyl (C=O) groups is 1. The Labute approximate surface area is 196 Å². The Morgan fingerprint density at radius 3 is 2.18 bits per heavy atom. The quantitative estimate of drug-likeness (QED) is 0.677. The number of sulfonamides is 1. The van der Waals surface area contributed by atoms with Gasteiger partial charge in [0.1, 0.15) is 0 Å². The summed E-state index contributed by atoms with van der Waals surface area (Å²) in [6, 6.07) is 8.70. The van der Waals surface area contributed by atoms with E-state index in [2.05, 4.69) is 5.32 Å². The summed E-state index contributed by atoms with van der Waals surface area (Å²) in [5, 5.41) is 2.58. The zero-order valence-electron chi connectivity index (χ0n) is 18.5. The van der Waals surface area contributed by atoms with Crippen molar-refractivity contribution in [2.75, 3.05) is 49.6 Å². The average Bonchev–Trinajstić information content (AvgIpc) is 2.84. The molecule has 2 aromatic carbocycles. The van der Waals surface area contributed by atoms with E-state index in [1.807, 2.05) is 4.90 Å². The number of piperidine rings is 1. The summed E-state index contributed by atoms with van der Waals surface area (Å²) in [6.45, 7) is 2.76. The molecule has 1 amide bonds. The van der Waals surface area contributed by atoms with Crippen LogP contribution in [0, 0.1) is 0 Å². The number of nitrogens with zero attached hydrogens (tertiary/aromatic N) is 2. The molecule has 0 atom stereocenters. The fraction of sp³-hybridized carbons (Fsp3) is 0.435. The van der Waals surface area contributed by atoms with E-state index in [1.54, 1.807) is 0 Å². The minimum Gasteiger partial charge on any atom is -0.378 e. The van der Waals surface area contributed by atoms with E-state index in [0.29, 0.717) is 45.1 Å². The molecule has 0 aliphatic carbocycles. The molecule has 7 nitrogen and oxygen atoms in total. The zero-order chi connectivity index (χ0) is 24.3. The molecule has 0 unspecified atom stereocenters. The van der Waals surface area contributed by atoms with Crippen LogP contribution in [0.4, 0.5) is 24.5 Å². The molecule has 2 fully saturated rings. The van der Waals surface area contributed by atoms with E-state index in [4.69, 9.17) is 4.74 Å². The van der Waals surface area contributed by atoms with Gasteiger partial charge in [-0.2, -0.15) is 17.5 Å². The van der Waals surface area contributed by atoms with E-state index < -0.39 is 27.7 Å². The van der Waals surface area contributed by atoms with Crippen LogP contribution in [0.2, 0.25) is 0 Å². The lowest BCUT2D eigenvalue weighted by Crippen LogP contribution is -2.37. The van der Waals surface area contributed by atoms with Crippen LogP contribution in [0.25, 0.3) is 0 Å². The number of benzene rings is 2. The first kappa shape index (κ1) is 24.5. The van der Waals surface area contributed by atoms with Crippen LogP contribution in [0.15, 0.2) is 47.4 Å². The topological polar surface area (TPSA) is 79.0 Å². The molecule has 11 heteroatoms. The van der Waals surface area contributed by atoms with Crippen molar-refractivity contribution >= 4 is 27.3 Å². The number of nitrogens with one attached hydrogen (secondary N) is 1. The maximum atomic E-state index is 13.3. The Balaban J connectivity index is 1.56. The number of rotatable bonds is 5. The lowest BCUT2D eigenvalue weighted by atomic mass is 10.1. The molecule has 0 aromatic heterocycles. The van der Waals surface area contributed by atoms with Crippen molar-refractivity contribution in [3.63, 3.8) is 0 Å². The number of ether oxygens (including phenoxy) is 1. The van der Waals surface area contributed by atoms with Gasteiger partial charge in [0.25, 0.3) is 5.91 Å². The second-order valence-corrected chi connectivity index (χ2v) is 10.2. The van der Waals surface area contributed by atoms with Crippen molar-refractivity contribution < 1.29 is 31.1 Å². The van der Waals surface area contributed by atoms with E-state index >= 15 is 0 Å². The Bertz CT molecular complexity index is 1130. The van der Waals surface area contributed by atoms with Gasteiger partial charge in [-0.25, -0.2) is 8.42 Å². The number of hydrogen-bond donors (Lipinski definition) is 1. The standard InChI is InChI=1S/C23H26F3N3O4S/c24-23(25,26)18-6-9-21(28-12-14-33-15-13-28)20(16-18)27-22(30)17-4-7-19(8-5-17)34(31,32)29-10-2-1-3-11-29/h4-9,16H,1-3,10-15H2,(H,27,30). The van der Waals surface area contributed by atoms with Crippen molar-refractivity contribution in [3.8, 4) is 0 Å². The summed E-state index contributed by atoms with van der Waals surface area (Å²) < 4.78 is 72.3. The van der Waals surface area contributed by atoms with Gasteiger partial charge in [-0.05, 0) is 55.3 Å². The number of amides is 1. The van der Waals surface area contributed by atoms with Gasteiger partial charge in [0.05, 0.1) is 35.0 Å². The highest BCUT2D eigenvalue weighted by Gasteiger charge is 2.32. The maximum absolute atomic E-state index is 13.3. The van der Waals surface area contributed by atoms with Crippen LogP contribution in [0.3, 0.4) is 0 Å². The molecule has 0 bridgehead atoms. The molecule has 0 spiro atoms. The van der Waals surface area contributed by atoms with Gasteiger partial charge in [0.15, 0.2) is 0 Å². The van der Waals surface area contributed by atoms with Crippen LogP contribution in [0.1, 0.15) is 35.2 Å². The number of halogens is 3. The Kier molecular flexibility index (Phi) is 7.15. The van der Waals surface area contributed by atoms with E-state index in [0.717, 1.165) is 31.4 Å². The number of alkyl halides is 3. The number of hydrogen-bond acceptors (Lipinski definition) is 5. The molecule has 4 rings (SSSR count). The summed E-state index contributed by atoms with van der Waals surface area (Å²) in [5.41, 5.74) is -0.230. The van der Waals surface area contributed by atoms with Crippen LogP contribution < -0.4 is 10.2 Å². The molecule has 1 N–H and O–H groups in total. The lowest BCUT2D eigenvalue weighted by molar-refractivity contribution is -0.137. The summed E-state index contributed by atoms with van der Waals surface area (Å²) in [6.07, 6.45) is -1.95. The van der Waals surface area contributed by atoms with E-state index in [9.17, 15) is 26.4 Å². The van der Waals surface area contributed by atoms with Gasteiger partial charge >= 0.3 is 6.18 Å². The lowest BCUT2D eigenvalue weighted by Gasteiger charge is -2.31. The molecular weight excluding hydrogens is 471 g/mol. The van der Waals surface area contributed by atoms with Gasteiger partial charge in [-0.15, -0.1) is 0 Å². The normalized spacial score (nSPS) is 18.0. The molecule has 34 heavy (non-hydrogen) atoms.